The van der Waals surface area contributed by atoms with Crippen LogP contribution in [0.15, 0.2) is 22.7 Å². The standard InChI is InChI=1S/C13H13BrFNO3S/c14-10-5-8(1-2-11(10)15)13(19)16-3-4-20-7-9(16)6-12(17)18/h1-2,5,9H,3-4,6-7H2,(H,17,18). The highest BCUT2D eigenvalue weighted by Gasteiger charge is 2.29. The number of amides is 1. The van der Waals surface area contributed by atoms with E-state index in [1.54, 1.807) is 16.7 Å². The van der Waals surface area contributed by atoms with E-state index in [2.05, 4.69) is 15.9 Å². The maximum absolute atomic E-state index is 13.2. The molecule has 1 aromatic carbocycles. The van der Waals surface area contributed by atoms with Gasteiger partial charge in [0.25, 0.3) is 5.91 Å². The summed E-state index contributed by atoms with van der Waals surface area (Å²) in [6, 6.07) is 3.75. The minimum absolute atomic E-state index is 0.0683. The Bertz CT molecular complexity index is 540. The monoisotopic (exact) mass is 361 g/mol. The van der Waals surface area contributed by atoms with E-state index in [1.807, 2.05) is 0 Å². The number of thioether (sulfide) groups is 1. The van der Waals surface area contributed by atoms with Gasteiger partial charge in [0.05, 0.1) is 16.9 Å². The van der Waals surface area contributed by atoms with Crippen LogP contribution in [0.3, 0.4) is 0 Å². The predicted molar refractivity (Wildman–Crippen MR) is 78.5 cm³/mol. The zero-order chi connectivity index (χ0) is 14.7. The lowest BCUT2D eigenvalue weighted by atomic mass is 10.1. The van der Waals surface area contributed by atoms with Crippen LogP contribution in [0.5, 0.6) is 0 Å². The van der Waals surface area contributed by atoms with Crippen LogP contribution in [-0.2, 0) is 4.79 Å². The van der Waals surface area contributed by atoms with Crippen molar-refractivity contribution < 1.29 is 19.1 Å². The van der Waals surface area contributed by atoms with E-state index in [9.17, 15) is 14.0 Å². The summed E-state index contributed by atoms with van der Waals surface area (Å²) < 4.78 is 13.4. The molecule has 7 heteroatoms. The number of hydrogen-bond donors (Lipinski definition) is 1. The van der Waals surface area contributed by atoms with Crippen molar-refractivity contribution in [3.63, 3.8) is 0 Å². The Morgan fingerprint density at radius 1 is 1.50 bits per heavy atom. The van der Waals surface area contributed by atoms with E-state index >= 15 is 0 Å². The lowest BCUT2D eigenvalue weighted by molar-refractivity contribution is -0.138. The van der Waals surface area contributed by atoms with Gasteiger partial charge >= 0.3 is 5.97 Å². The number of benzene rings is 1. The Hall–Kier alpha value is -1.08. The highest BCUT2D eigenvalue weighted by molar-refractivity contribution is 9.10. The van der Waals surface area contributed by atoms with E-state index in [-0.39, 0.29) is 22.8 Å². The van der Waals surface area contributed by atoms with Crippen LogP contribution < -0.4 is 0 Å². The molecule has 1 heterocycles. The fourth-order valence-corrected chi connectivity index (χ4v) is 3.53. The van der Waals surface area contributed by atoms with Crippen molar-refractivity contribution in [3.8, 4) is 0 Å². The second kappa shape index (κ2) is 6.58. The molecular formula is C13H13BrFNO3S. The van der Waals surface area contributed by atoms with Crippen molar-refractivity contribution in [2.75, 3.05) is 18.1 Å². The van der Waals surface area contributed by atoms with E-state index in [1.165, 1.54) is 18.2 Å². The molecule has 1 N–H and O–H groups in total. The fraction of sp³-hybridized carbons (Fsp3) is 0.385. The van der Waals surface area contributed by atoms with Gasteiger partial charge in [-0.05, 0) is 34.1 Å². The highest BCUT2D eigenvalue weighted by atomic mass is 79.9. The third-order valence-corrected chi connectivity index (χ3v) is 4.76. The second-order valence-electron chi connectivity index (χ2n) is 4.45. The number of hydrogen-bond acceptors (Lipinski definition) is 3. The van der Waals surface area contributed by atoms with Crippen LogP contribution in [-0.4, -0.2) is 46.0 Å². The van der Waals surface area contributed by atoms with Gasteiger partial charge in [0.15, 0.2) is 0 Å². The molecule has 20 heavy (non-hydrogen) atoms. The van der Waals surface area contributed by atoms with Crippen LogP contribution in [0, 0.1) is 5.82 Å². The van der Waals surface area contributed by atoms with Gasteiger partial charge in [0.2, 0.25) is 0 Å². The van der Waals surface area contributed by atoms with Gasteiger partial charge in [-0.25, -0.2) is 4.39 Å². The SMILES string of the molecule is O=C(O)CC1CSCCN1C(=O)c1ccc(F)c(Br)c1. The third-order valence-electron chi connectivity index (χ3n) is 3.07. The molecule has 1 aromatic rings. The predicted octanol–water partition coefficient (Wildman–Crippen LogP) is 2.62. The van der Waals surface area contributed by atoms with Gasteiger partial charge in [-0.15, -0.1) is 0 Å². The van der Waals surface area contributed by atoms with Gasteiger partial charge in [-0.3, -0.25) is 9.59 Å². The number of carboxylic acids is 1. The number of halogens is 2. The molecule has 0 saturated carbocycles. The quantitative estimate of drug-likeness (QED) is 0.898. The van der Waals surface area contributed by atoms with E-state index in [4.69, 9.17) is 5.11 Å². The number of carboxylic acid groups (broad SMARTS) is 1. The molecule has 0 bridgehead atoms. The molecule has 1 fully saturated rings. The topological polar surface area (TPSA) is 57.6 Å². The maximum atomic E-state index is 13.2. The number of rotatable bonds is 3. The molecule has 1 amide bonds. The Morgan fingerprint density at radius 3 is 2.90 bits per heavy atom. The molecule has 0 spiro atoms. The molecule has 0 aromatic heterocycles. The Balaban J connectivity index is 2.20. The minimum atomic E-state index is -0.921. The average molecular weight is 362 g/mol. The summed E-state index contributed by atoms with van der Waals surface area (Å²) in [6.07, 6.45) is -0.0683. The third kappa shape index (κ3) is 3.52. The molecule has 2 rings (SSSR count). The first-order chi connectivity index (χ1) is 9.49. The zero-order valence-electron chi connectivity index (χ0n) is 10.5. The zero-order valence-corrected chi connectivity index (χ0v) is 12.9. The largest absolute Gasteiger partial charge is 0.481 e. The lowest BCUT2D eigenvalue weighted by Gasteiger charge is -2.34. The number of carbonyl (C=O) groups excluding carboxylic acids is 1. The first kappa shape index (κ1) is 15.3. The maximum Gasteiger partial charge on any atom is 0.305 e. The van der Waals surface area contributed by atoms with E-state index in [0.717, 1.165) is 5.75 Å². The normalized spacial score (nSPS) is 18.9. The van der Waals surface area contributed by atoms with Crippen molar-refractivity contribution >= 4 is 39.6 Å². The van der Waals surface area contributed by atoms with Gasteiger partial charge in [0.1, 0.15) is 5.82 Å². The van der Waals surface area contributed by atoms with E-state index in [0.29, 0.717) is 17.9 Å². The summed E-state index contributed by atoms with van der Waals surface area (Å²) in [5.41, 5.74) is 0.362. The fourth-order valence-electron chi connectivity index (χ4n) is 2.09. The number of nitrogens with zero attached hydrogens (tertiary/aromatic N) is 1. The summed E-state index contributed by atoms with van der Waals surface area (Å²) >= 11 is 4.69. The second-order valence-corrected chi connectivity index (χ2v) is 6.46. The lowest BCUT2D eigenvalue weighted by Crippen LogP contribution is -2.47. The van der Waals surface area contributed by atoms with Gasteiger partial charge in [-0.2, -0.15) is 11.8 Å². The average Bonchev–Trinajstić information content (AvgIpc) is 2.41. The van der Waals surface area contributed by atoms with Gasteiger partial charge in [-0.1, -0.05) is 0 Å². The molecule has 1 saturated heterocycles. The molecule has 4 nitrogen and oxygen atoms in total. The molecule has 1 aliphatic rings. The Kier molecular flexibility index (Phi) is 5.04. The Labute approximate surface area is 128 Å². The molecular weight excluding hydrogens is 349 g/mol. The van der Waals surface area contributed by atoms with Gasteiger partial charge < -0.3 is 10.0 Å². The number of aliphatic carboxylic acids is 1. The van der Waals surface area contributed by atoms with Gasteiger partial charge in [0, 0.05) is 23.6 Å². The van der Waals surface area contributed by atoms with Crippen LogP contribution in [0.4, 0.5) is 4.39 Å². The minimum Gasteiger partial charge on any atom is -0.481 e. The molecule has 1 atom stereocenters. The van der Waals surface area contributed by atoms with Crippen molar-refractivity contribution in [1.29, 1.82) is 0 Å². The highest BCUT2D eigenvalue weighted by Crippen LogP contribution is 2.23. The summed E-state index contributed by atoms with van der Waals surface area (Å²) in [4.78, 5) is 24.9. The smallest absolute Gasteiger partial charge is 0.305 e. The van der Waals surface area contributed by atoms with Crippen LogP contribution in [0.25, 0.3) is 0 Å². The summed E-state index contributed by atoms with van der Waals surface area (Å²) in [6.45, 7) is 0.510. The van der Waals surface area contributed by atoms with E-state index < -0.39 is 11.8 Å². The van der Waals surface area contributed by atoms with Crippen molar-refractivity contribution in [1.82, 2.24) is 4.90 Å². The van der Waals surface area contributed by atoms with Crippen LogP contribution >= 0.6 is 27.7 Å². The summed E-state index contributed by atoms with van der Waals surface area (Å²) in [5, 5.41) is 8.91. The molecule has 0 aliphatic carbocycles. The summed E-state index contributed by atoms with van der Waals surface area (Å²) in [7, 11) is 0. The summed E-state index contributed by atoms with van der Waals surface area (Å²) in [5.74, 6) is -0.212. The number of carbonyl (C=O) groups is 2. The van der Waals surface area contributed by atoms with Crippen LogP contribution in [0.2, 0.25) is 0 Å². The molecule has 1 unspecified atom stereocenters. The molecule has 1 aliphatic heterocycles. The molecule has 0 radical (unpaired) electrons. The van der Waals surface area contributed by atoms with Crippen molar-refractivity contribution in [3.05, 3.63) is 34.1 Å². The van der Waals surface area contributed by atoms with Crippen molar-refractivity contribution in [2.45, 2.75) is 12.5 Å². The van der Waals surface area contributed by atoms with Crippen molar-refractivity contribution in [2.24, 2.45) is 0 Å². The first-order valence-corrected chi connectivity index (χ1v) is 7.99. The Morgan fingerprint density at radius 2 is 2.25 bits per heavy atom. The van der Waals surface area contributed by atoms with Crippen LogP contribution in [0.1, 0.15) is 16.8 Å². The first-order valence-electron chi connectivity index (χ1n) is 6.04. The molecule has 108 valence electrons.